The molecule has 1 amide bonds. The smallest absolute Gasteiger partial charge is 0.259 e. The number of hydrogen-bond acceptors (Lipinski definition) is 4. The van der Waals surface area contributed by atoms with E-state index in [1.165, 1.54) is 12.1 Å². The van der Waals surface area contributed by atoms with Crippen LogP contribution in [0.15, 0.2) is 22.7 Å². The van der Waals surface area contributed by atoms with Crippen molar-refractivity contribution < 1.29 is 13.7 Å². The first-order chi connectivity index (χ1) is 10.5. The lowest BCUT2D eigenvalue weighted by Crippen LogP contribution is -2.32. The molecule has 0 saturated carbocycles. The van der Waals surface area contributed by atoms with Crippen molar-refractivity contribution in [3.63, 3.8) is 0 Å². The van der Waals surface area contributed by atoms with Crippen molar-refractivity contribution in [1.82, 2.24) is 10.1 Å². The molecule has 1 aromatic heterocycles. The maximum Gasteiger partial charge on any atom is 0.259 e. The summed E-state index contributed by atoms with van der Waals surface area (Å²) in [7, 11) is 0. The number of rotatable bonds is 2. The lowest BCUT2D eigenvalue weighted by molar-refractivity contribution is 0.0790. The first kappa shape index (κ1) is 15.0. The van der Waals surface area contributed by atoms with Gasteiger partial charge < -0.3 is 15.2 Å². The van der Waals surface area contributed by atoms with Crippen LogP contribution in [0.2, 0.25) is 5.02 Å². The number of amides is 1. The number of benzene rings is 1. The number of likely N-dealkylation sites (tertiary alicyclic amines) is 1. The third-order valence-corrected chi connectivity index (χ3v) is 4.10. The molecule has 116 valence electrons. The summed E-state index contributed by atoms with van der Waals surface area (Å²) < 4.78 is 19.2. The Labute approximate surface area is 131 Å². The summed E-state index contributed by atoms with van der Waals surface area (Å²) in [5.41, 5.74) is 6.28. The van der Waals surface area contributed by atoms with E-state index in [0.29, 0.717) is 18.8 Å². The highest BCUT2D eigenvalue weighted by Gasteiger charge is 2.31. The second-order valence-electron chi connectivity index (χ2n) is 5.36. The summed E-state index contributed by atoms with van der Waals surface area (Å²) in [4.78, 5) is 14.3. The highest BCUT2D eigenvalue weighted by molar-refractivity contribution is 6.33. The first-order valence-electron chi connectivity index (χ1n) is 6.94. The van der Waals surface area contributed by atoms with Crippen molar-refractivity contribution in [2.75, 3.05) is 13.1 Å². The Hall–Kier alpha value is -1.92. The van der Waals surface area contributed by atoms with Crippen LogP contribution < -0.4 is 5.73 Å². The van der Waals surface area contributed by atoms with Gasteiger partial charge in [-0.05, 0) is 25.5 Å². The molecule has 2 aromatic rings. The first-order valence-corrected chi connectivity index (χ1v) is 7.32. The lowest BCUT2D eigenvalue weighted by atomic mass is 10.0. The van der Waals surface area contributed by atoms with Gasteiger partial charge in [0.2, 0.25) is 0 Å². The molecular formula is C15H15ClFN3O2. The molecule has 1 aliphatic heterocycles. The van der Waals surface area contributed by atoms with Crippen molar-refractivity contribution in [3.8, 4) is 11.3 Å². The van der Waals surface area contributed by atoms with Gasteiger partial charge in [-0.25, -0.2) is 4.39 Å². The van der Waals surface area contributed by atoms with Crippen LogP contribution in [0.25, 0.3) is 11.3 Å². The number of nitrogens with two attached hydrogens (primary N) is 1. The van der Waals surface area contributed by atoms with Gasteiger partial charge in [0.25, 0.3) is 5.91 Å². The van der Waals surface area contributed by atoms with Crippen LogP contribution in [0.1, 0.15) is 22.5 Å². The Kier molecular flexibility index (Phi) is 3.88. The zero-order chi connectivity index (χ0) is 15.9. The van der Waals surface area contributed by atoms with E-state index in [2.05, 4.69) is 5.16 Å². The number of aryl methyl sites for hydroxylation is 1. The number of carbonyl (C=O) groups is 1. The summed E-state index contributed by atoms with van der Waals surface area (Å²) in [5, 5.41) is 4.02. The van der Waals surface area contributed by atoms with Gasteiger partial charge in [-0.3, -0.25) is 4.79 Å². The Morgan fingerprint density at radius 1 is 1.55 bits per heavy atom. The molecule has 2 N–H and O–H groups in total. The molecule has 5 nitrogen and oxygen atoms in total. The molecule has 0 aliphatic carbocycles. The molecule has 3 rings (SSSR count). The van der Waals surface area contributed by atoms with Crippen molar-refractivity contribution in [3.05, 3.63) is 40.4 Å². The van der Waals surface area contributed by atoms with Crippen molar-refractivity contribution in [2.45, 2.75) is 19.4 Å². The highest BCUT2D eigenvalue weighted by atomic mass is 35.5. The summed E-state index contributed by atoms with van der Waals surface area (Å²) in [5.74, 6) is -0.478. The monoisotopic (exact) mass is 323 g/mol. The third-order valence-electron chi connectivity index (χ3n) is 3.79. The zero-order valence-electron chi connectivity index (χ0n) is 12.0. The van der Waals surface area contributed by atoms with Crippen LogP contribution in [0.5, 0.6) is 0 Å². The fourth-order valence-electron chi connectivity index (χ4n) is 2.65. The Balaban J connectivity index is 2.07. The average molecular weight is 324 g/mol. The van der Waals surface area contributed by atoms with E-state index in [4.69, 9.17) is 21.9 Å². The molecule has 0 spiro atoms. The van der Waals surface area contributed by atoms with Gasteiger partial charge in [0, 0.05) is 19.1 Å². The highest BCUT2D eigenvalue weighted by Crippen LogP contribution is 2.34. The van der Waals surface area contributed by atoms with Crippen molar-refractivity contribution >= 4 is 17.5 Å². The summed E-state index contributed by atoms with van der Waals surface area (Å²) in [6.07, 6.45) is 0.742. The predicted molar refractivity (Wildman–Crippen MR) is 80.1 cm³/mol. The summed E-state index contributed by atoms with van der Waals surface area (Å²) in [6.45, 7) is 2.65. The molecule has 0 bridgehead atoms. The molecule has 0 unspecified atom stereocenters. The van der Waals surface area contributed by atoms with E-state index in [9.17, 15) is 9.18 Å². The van der Waals surface area contributed by atoms with Crippen LogP contribution in [0.3, 0.4) is 0 Å². The normalized spacial score (nSPS) is 18.0. The predicted octanol–water partition coefficient (Wildman–Crippen LogP) is 2.62. The quantitative estimate of drug-likeness (QED) is 0.922. The molecule has 1 aliphatic rings. The van der Waals surface area contributed by atoms with Crippen LogP contribution >= 0.6 is 11.6 Å². The van der Waals surface area contributed by atoms with Crippen LogP contribution in [-0.4, -0.2) is 35.1 Å². The minimum atomic E-state index is -0.548. The van der Waals surface area contributed by atoms with Gasteiger partial charge in [-0.1, -0.05) is 22.8 Å². The number of carbonyl (C=O) groups excluding carboxylic acids is 1. The lowest BCUT2D eigenvalue weighted by Gasteiger charge is -2.16. The van der Waals surface area contributed by atoms with Gasteiger partial charge in [0.15, 0.2) is 0 Å². The standard InChI is InChI=1S/C15H15ClFN3O2/c1-8-12(15(21)20-6-5-9(18)7-20)14(19-22-8)13-10(16)3-2-4-11(13)17/h2-4,9H,5-7,18H2,1H3/t9-/m1/s1. The number of nitrogens with zero attached hydrogens (tertiary/aromatic N) is 2. The number of hydrogen-bond donors (Lipinski definition) is 1. The van der Waals surface area contributed by atoms with Gasteiger partial charge in [-0.2, -0.15) is 0 Å². The van der Waals surface area contributed by atoms with E-state index in [1.807, 2.05) is 0 Å². The van der Waals surface area contributed by atoms with E-state index < -0.39 is 5.82 Å². The molecule has 1 saturated heterocycles. The average Bonchev–Trinajstić information content (AvgIpc) is 3.05. The largest absolute Gasteiger partial charge is 0.360 e. The zero-order valence-corrected chi connectivity index (χ0v) is 12.7. The summed E-state index contributed by atoms with van der Waals surface area (Å²) in [6, 6.07) is 4.27. The molecule has 1 atom stereocenters. The minimum absolute atomic E-state index is 0.0374. The van der Waals surface area contributed by atoms with E-state index >= 15 is 0 Å². The van der Waals surface area contributed by atoms with Gasteiger partial charge in [0.05, 0.1) is 10.6 Å². The second-order valence-corrected chi connectivity index (χ2v) is 5.77. The number of halogens is 2. The van der Waals surface area contributed by atoms with E-state index in [-0.39, 0.29) is 33.8 Å². The van der Waals surface area contributed by atoms with Crippen LogP contribution in [0.4, 0.5) is 4.39 Å². The second kappa shape index (κ2) is 5.70. The molecule has 2 heterocycles. The van der Waals surface area contributed by atoms with Crippen LogP contribution in [0, 0.1) is 12.7 Å². The fraction of sp³-hybridized carbons (Fsp3) is 0.333. The topological polar surface area (TPSA) is 72.4 Å². The fourth-order valence-corrected chi connectivity index (χ4v) is 2.90. The molecule has 1 fully saturated rings. The molecule has 1 aromatic carbocycles. The third kappa shape index (κ3) is 2.48. The SMILES string of the molecule is Cc1onc(-c2c(F)cccc2Cl)c1C(=O)N1CC[C@@H](N)C1. The van der Waals surface area contributed by atoms with Crippen molar-refractivity contribution in [1.29, 1.82) is 0 Å². The van der Waals surface area contributed by atoms with E-state index in [0.717, 1.165) is 6.42 Å². The van der Waals surface area contributed by atoms with Gasteiger partial charge >= 0.3 is 0 Å². The maximum atomic E-state index is 14.1. The van der Waals surface area contributed by atoms with Gasteiger partial charge in [-0.15, -0.1) is 0 Å². The van der Waals surface area contributed by atoms with E-state index in [1.54, 1.807) is 17.9 Å². The molecular weight excluding hydrogens is 309 g/mol. The molecule has 22 heavy (non-hydrogen) atoms. The minimum Gasteiger partial charge on any atom is -0.360 e. The summed E-state index contributed by atoms with van der Waals surface area (Å²) >= 11 is 6.07. The Morgan fingerprint density at radius 3 is 2.95 bits per heavy atom. The Morgan fingerprint density at radius 2 is 2.32 bits per heavy atom. The number of aromatic nitrogens is 1. The van der Waals surface area contributed by atoms with Crippen molar-refractivity contribution in [2.24, 2.45) is 5.73 Å². The molecule has 7 heteroatoms. The maximum absolute atomic E-state index is 14.1. The van der Waals surface area contributed by atoms with Crippen LogP contribution in [-0.2, 0) is 0 Å². The van der Waals surface area contributed by atoms with Gasteiger partial charge in [0.1, 0.15) is 22.8 Å². The Bertz CT molecular complexity index is 711. The molecule has 0 radical (unpaired) electrons.